The normalized spacial score (nSPS) is 11.2. The first-order valence-corrected chi connectivity index (χ1v) is 8.68. The van der Waals surface area contributed by atoms with Gasteiger partial charge in [-0.3, -0.25) is 4.79 Å². The van der Waals surface area contributed by atoms with E-state index in [-0.39, 0.29) is 24.7 Å². The van der Waals surface area contributed by atoms with Crippen LogP contribution in [0.3, 0.4) is 0 Å². The number of aliphatic hydroxyl groups excluding tert-OH is 1. The molecule has 0 saturated carbocycles. The molecule has 3 N–H and O–H groups in total. The minimum Gasteiger partial charge on any atom is -0.493 e. The van der Waals surface area contributed by atoms with Crippen LogP contribution in [0.5, 0.6) is 11.5 Å². The van der Waals surface area contributed by atoms with E-state index in [1.807, 2.05) is 26.8 Å². The molecular formula is C17H27BrN2O4. The maximum Gasteiger partial charge on any atom is 0.258 e. The summed E-state index contributed by atoms with van der Waals surface area (Å²) < 4.78 is 11.8. The molecule has 0 fully saturated rings. The minimum atomic E-state index is -0.296. The highest BCUT2D eigenvalue weighted by Crippen LogP contribution is 2.33. The molecule has 0 spiro atoms. The number of aliphatic hydroxyl groups is 1. The van der Waals surface area contributed by atoms with Crippen molar-refractivity contribution < 1.29 is 19.4 Å². The molecule has 0 heterocycles. The maximum atomic E-state index is 11.9. The van der Waals surface area contributed by atoms with Crippen LogP contribution in [0.1, 0.15) is 32.8 Å². The smallest absolute Gasteiger partial charge is 0.258 e. The average molecular weight is 403 g/mol. The van der Waals surface area contributed by atoms with Gasteiger partial charge in [-0.1, -0.05) is 15.9 Å². The van der Waals surface area contributed by atoms with Gasteiger partial charge in [0.25, 0.3) is 5.91 Å². The van der Waals surface area contributed by atoms with Gasteiger partial charge < -0.3 is 25.2 Å². The molecule has 0 bridgehead atoms. The van der Waals surface area contributed by atoms with E-state index in [2.05, 4.69) is 26.6 Å². The number of methoxy groups -OCH3 is 1. The first kappa shape index (κ1) is 20.7. The summed E-state index contributed by atoms with van der Waals surface area (Å²) in [7, 11) is 1.56. The van der Waals surface area contributed by atoms with Gasteiger partial charge in [-0.25, -0.2) is 0 Å². The van der Waals surface area contributed by atoms with E-state index >= 15 is 0 Å². The van der Waals surface area contributed by atoms with Crippen LogP contribution >= 0.6 is 15.9 Å². The number of halogens is 1. The fraction of sp³-hybridized carbons (Fsp3) is 0.588. The third-order valence-corrected chi connectivity index (χ3v) is 3.77. The highest BCUT2D eigenvalue weighted by atomic mass is 79.9. The zero-order valence-corrected chi connectivity index (χ0v) is 16.3. The van der Waals surface area contributed by atoms with E-state index in [4.69, 9.17) is 14.6 Å². The van der Waals surface area contributed by atoms with Crippen molar-refractivity contribution in [1.82, 2.24) is 10.6 Å². The van der Waals surface area contributed by atoms with Crippen LogP contribution in [0.4, 0.5) is 0 Å². The molecule has 0 aliphatic heterocycles. The molecule has 0 radical (unpaired) electrons. The summed E-state index contributed by atoms with van der Waals surface area (Å²) in [5.74, 6) is 0.892. The average Bonchev–Trinajstić information content (AvgIpc) is 2.49. The lowest BCUT2D eigenvalue weighted by atomic mass is 10.1. The molecule has 0 saturated heterocycles. The zero-order valence-electron chi connectivity index (χ0n) is 14.7. The van der Waals surface area contributed by atoms with Gasteiger partial charge in [-0.2, -0.15) is 0 Å². The third kappa shape index (κ3) is 7.51. The predicted molar refractivity (Wildman–Crippen MR) is 97.5 cm³/mol. The summed E-state index contributed by atoms with van der Waals surface area (Å²) in [6.45, 7) is 7.22. The molecule has 24 heavy (non-hydrogen) atoms. The quantitative estimate of drug-likeness (QED) is 0.551. The Morgan fingerprint density at radius 2 is 2.00 bits per heavy atom. The molecule has 0 aliphatic carbocycles. The summed E-state index contributed by atoms with van der Waals surface area (Å²) in [5.41, 5.74) is 0.714. The number of ether oxygens (including phenoxy) is 2. The van der Waals surface area contributed by atoms with Crippen molar-refractivity contribution in [1.29, 1.82) is 0 Å². The molecule has 1 amide bonds. The highest BCUT2D eigenvalue weighted by molar-refractivity contribution is 9.10. The number of hydrogen-bond acceptors (Lipinski definition) is 5. The van der Waals surface area contributed by atoms with Crippen LogP contribution in [0.2, 0.25) is 0 Å². The molecule has 6 nitrogen and oxygen atoms in total. The van der Waals surface area contributed by atoms with Crippen LogP contribution in [-0.2, 0) is 11.3 Å². The molecule has 1 aromatic rings. The molecule has 0 aliphatic rings. The van der Waals surface area contributed by atoms with E-state index in [0.29, 0.717) is 24.5 Å². The SMILES string of the molecule is COc1cc(CNCCCO)c(Br)cc1OCC(=O)NC(C)(C)C. The monoisotopic (exact) mass is 402 g/mol. The van der Waals surface area contributed by atoms with Crippen molar-refractivity contribution >= 4 is 21.8 Å². The van der Waals surface area contributed by atoms with E-state index in [0.717, 1.165) is 16.6 Å². The number of rotatable bonds is 9. The van der Waals surface area contributed by atoms with Crippen LogP contribution in [0, 0.1) is 0 Å². The second kappa shape index (κ2) is 9.86. The van der Waals surface area contributed by atoms with Gasteiger partial charge in [0.2, 0.25) is 0 Å². The first-order valence-electron chi connectivity index (χ1n) is 7.88. The van der Waals surface area contributed by atoms with Crippen molar-refractivity contribution in [3.05, 3.63) is 22.2 Å². The zero-order chi connectivity index (χ0) is 18.2. The number of carbonyl (C=O) groups excluding carboxylic acids is 1. The topological polar surface area (TPSA) is 79.8 Å². The van der Waals surface area contributed by atoms with Gasteiger partial charge in [-0.15, -0.1) is 0 Å². The Kier molecular flexibility index (Phi) is 8.52. The van der Waals surface area contributed by atoms with Crippen molar-refractivity contribution in [2.45, 2.75) is 39.3 Å². The van der Waals surface area contributed by atoms with Crippen molar-refractivity contribution in [2.24, 2.45) is 0 Å². The van der Waals surface area contributed by atoms with Gasteiger partial charge in [0.05, 0.1) is 7.11 Å². The molecule has 1 aromatic carbocycles. The summed E-state index contributed by atoms with van der Waals surface area (Å²) in [4.78, 5) is 11.9. The number of carbonyl (C=O) groups is 1. The van der Waals surface area contributed by atoms with E-state index in [1.54, 1.807) is 13.2 Å². The second-order valence-electron chi connectivity index (χ2n) is 6.44. The van der Waals surface area contributed by atoms with Gasteiger partial charge in [0.15, 0.2) is 18.1 Å². The van der Waals surface area contributed by atoms with Gasteiger partial charge in [-0.05, 0) is 51.4 Å². The number of benzene rings is 1. The number of nitrogens with one attached hydrogen (secondary N) is 2. The summed E-state index contributed by atoms with van der Waals surface area (Å²) in [6, 6.07) is 3.67. The Bertz CT molecular complexity index is 544. The van der Waals surface area contributed by atoms with Gasteiger partial charge >= 0.3 is 0 Å². The summed E-state index contributed by atoms with van der Waals surface area (Å²) >= 11 is 3.51. The van der Waals surface area contributed by atoms with Crippen molar-refractivity contribution in [3.63, 3.8) is 0 Å². The summed E-state index contributed by atoms with van der Waals surface area (Å²) in [6.07, 6.45) is 0.707. The van der Waals surface area contributed by atoms with E-state index in [9.17, 15) is 4.79 Å². The van der Waals surface area contributed by atoms with Crippen LogP contribution in [0.15, 0.2) is 16.6 Å². The first-order chi connectivity index (χ1) is 11.3. The molecular weight excluding hydrogens is 376 g/mol. The Balaban J connectivity index is 2.71. The fourth-order valence-corrected chi connectivity index (χ4v) is 2.47. The molecule has 136 valence electrons. The predicted octanol–water partition coefficient (Wildman–Crippen LogP) is 2.22. The molecule has 0 aromatic heterocycles. The standard InChI is InChI=1S/C17H27BrN2O4/c1-17(2,3)20-16(22)11-24-15-9-13(18)12(8-14(15)23-4)10-19-6-5-7-21/h8-9,19,21H,5-7,10-11H2,1-4H3,(H,20,22). The Morgan fingerprint density at radius 3 is 2.58 bits per heavy atom. The Hall–Kier alpha value is -1.31. The highest BCUT2D eigenvalue weighted by Gasteiger charge is 2.16. The maximum absolute atomic E-state index is 11.9. The Labute approximate surface area is 152 Å². The molecule has 0 unspecified atom stereocenters. The van der Waals surface area contributed by atoms with Crippen LogP contribution in [-0.4, -0.2) is 43.4 Å². The fourth-order valence-electron chi connectivity index (χ4n) is 2.01. The van der Waals surface area contributed by atoms with Crippen LogP contribution in [0.25, 0.3) is 0 Å². The lowest BCUT2D eigenvalue weighted by Gasteiger charge is -2.21. The molecule has 0 atom stereocenters. The van der Waals surface area contributed by atoms with E-state index < -0.39 is 0 Å². The summed E-state index contributed by atoms with van der Waals surface area (Å²) in [5, 5.41) is 14.9. The number of amides is 1. The van der Waals surface area contributed by atoms with Crippen molar-refractivity contribution in [2.75, 3.05) is 26.9 Å². The third-order valence-electron chi connectivity index (χ3n) is 3.03. The lowest BCUT2D eigenvalue weighted by Crippen LogP contribution is -2.43. The largest absolute Gasteiger partial charge is 0.493 e. The lowest BCUT2D eigenvalue weighted by molar-refractivity contribution is -0.124. The Morgan fingerprint density at radius 1 is 1.29 bits per heavy atom. The molecule has 7 heteroatoms. The second-order valence-corrected chi connectivity index (χ2v) is 7.29. The van der Waals surface area contributed by atoms with E-state index in [1.165, 1.54) is 0 Å². The van der Waals surface area contributed by atoms with Crippen molar-refractivity contribution in [3.8, 4) is 11.5 Å². The molecule has 1 rings (SSSR count). The van der Waals surface area contributed by atoms with Crippen LogP contribution < -0.4 is 20.1 Å². The minimum absolute atomic E-state index is 0.0752. The van der Waals surface area contributed by atoms with Gasteiger partial charge in [0.1, 0.15) is 0 Å². The van der Waals surface area contributed by atoms with Gasteiger partial charge in [0, 0.05) is 23.2 Å². The number of hydrogen-bond donors (Lipinski definition) is 3.